The van der Waals surface area contributed by atoms with Gasteiger partial charge in [0.15, 0.2) is 0 Å². The number of nitrogens with two attached hydrogens (primary N) is 1. The SMILES string of the molecule is Cc1ccc(N)c(C(=O)N2CCOCC2)c1. The molecule has 0 saturated carbocycles. The Balaban J connectivity index is 2.22. The van der Waals surface area contributed by atoms with E-state index in [0.29, 0.717) is 37.6 Å². The normalized spacial score (nSPS) is 16.2. The predicted octanol–water partition coefficient (Wildman–Crippen LogP) is 1.05. The van der Waals surface area contributed by atoms with E-state index in [1.165, 1.54) is 0 Å². The molecule has 0 aliphatic carbocycles. The maximum absolute atomic E-state index is 12.2. The van der Waals surface area contributed by atoms with Crippen molar-refractivity contribution in [2.75, 3.05) is 32.0 Å². The molecule has 2 rings (SSSR count). The quantitative estimate of drug-likeness (QED) is 0.720. The second-order valence-electron chi connectivity index (χ2n) is 4.00. The second kappa shape index (κ2) is 4.53. The van der Waals surface area contributed by atoms with Crippen LogP contribution in [0.25, 0.3) is 0 Å². The third-order valence-corrected chi connectivity index (χ3v) is 2.74. The van der Waals surface area contributed by atoms with Gasteiger partial charge in [-0.1, -0.05) is 11.6 Å². The predicted molar refractivity (Wildman–Crippen MR) is 62.3 cm³/mol. The molecule has 86 valence electrons. The van der Waals surface area contributed by atoms with E-state index in [1.807, 2.05) is 19.1 Å². The minimum atomic E-state index is 0.00417. The fraction of sp³-hybridized carbons (Fsp3) is 0.417. The molecule has 16 heavy (non-hydrogen) atoms. The summed E-state index contributed by atoms with van der Waals surface area (Å²) in [5.74, 6) is 0.00417. The number of amides is 1. The minimum Gasteiger partial charge on any atom is -0.398 e. The van der Waals surface area contributed by atoms with Gasteiger partial charge >= 0.3 is 0 Å². The van der Waals surface area contributed by atoms with Gasteiger partial charge in [0.1, 0.15) is 0 Å². The number of aryl methyl sites for hydroxylation is 1. The van der Waals surface area contributed by atoms with E-state index in [4.69, 9.17) is 10.5 Å². The first-order valence-corrected chi connectivity index (χ1v) is 5.41. The molecule has 1 aliphatic rings. The fourth-order valence-electron chi connectivity index (χ4n) is 1.79. The summed E-state index contributed by atoms with van der Waals surface area (Å²) in [4.78, 5) is 13.9. The van der Waals surface area contributed by atoms with Gasteiger partial charge in [0.2, 0.25) is 0 Å². The summed E-state index contributed by atoms with van der Waals surface area (Å²) in [6.07, 6.45) is 0. The Hall–Kier alpha value is -1.55. The van der Waals surface area contributed by atoms with Crippen molar-refractivity contribution in [2.24, 2.45) is 0 Å². The molecule has 1 aromatic carbocycles. The summed E-state index contributed by atoms with van der Waals surface area (Å²) in [7, 11) is 0. The van der Waals surface area contributed by atoms with Crippen LogP contribution in [0.4, 0.5) is 5.69 Å². The number of hydrogen-bond acceptors (Lipinski definition) is 3. The van der Waals surface area contributed by atoms with Crippen LogP contribution in [-0.4, -0.2) is 37.1 Å². The molecule has 0 atom stereocenters. The van der Waals surface area contributed by atoms with E-state index in [0.717, 1.165) is 5.56 Å². The number of morpholine rings is 1. The molecule has 0 unspecified atom stereocenters. The number of ether oxygens (including phenoxy) is 1. The Morgan fingerprint density at radius 3 is 2.75 bits per heavy atom. The Labute approximate surface area is 95.0 Å². The highest BCUT2D eigenvalue weighted by Gasteiger charge is 2.20. The molecule has 0 radical (unpaired) electrons. The average Bonchev–Trinajstić information content (AvgIpc) is 2.32. The maximum Gasteiger partial charge on any atom is 0.256 e. The molecule has 1 aliphatic heterocycles. The molecule has 1 aromatic rings. The molecule has 1 amide bonds. The van der Waals surface area contributed by atoms with Crippen LogP contribution in [0.5, 0.6) is 0 Å². The van der Waals surface area contributed by atoms with Crippen molar-refractivity contribution in [3.63, 3.8) is 0 Å². The van der Waals surface area contributed by atoms with E-state index in [2.05, 4.69) is 0 Å². The summed E-state index contributed by atoms with van der Waals surface area (Å²) < 4.78 is 5.21. The van der Waals surface area contributed by atoms with Crippen molar-refractivity contribution in [3.8, 4) is 0 Å². The summed E-state index contributed by atoms with van der Waals surface area (Å²) >= 11 is 0. The fourth-order valence-corrected chi connectivity index (χ4v) is 1.79. The lowest BCUT2D eigenvalue weighted by molar-refractivity contribution is 0.0303. The standard InChI is InChI=1S/C12H16N2O2/c1-9-2-3-11(13)10(8-9)12(15)14-4-6-16-7-5-14/h2-3,8H,4-7,13H2,1H3. The van der Waals surface area contributed by atoms with Crippen LogP contribution < -0.4 is 5.73 Å². The monoisotopic (exact) mass is 220 g/mol. The smallest absolute Gasteiger partial charge is 0.256 e. The van der Waals surface area contributed by atoms with Crippen molar-refractivity contribution in [1.82, 2.24) is 4.90 Å². The zero-order valence-corrected chi connectivity index (χ0v) is 9.40. The van der Waals surface area contributed by atoms with Gasteiger partial charge in [0.05, 0.1) is 18.8 Å². The van der Waals surface area contributed by atoms with Crippen LogP contribution in [0.1, 0.15) is 15.9 Å². The topological polar surface area (TPSA) is 55.6 Å². The molecule has 0 aromatic heterocycles. The van der Waals surface area contributed by atoms with E-state index in [-0.39, 0.29) is 5.91 Å². The first kappa shape index (κ1) is 11.0. The van der Waals surface area contributed by atoms with Crippen molar-refractivity contribution >= 4 is 11.6 Å². The lowest BCUT2D eigenvalue weighted by atomic mass is 10.1. The molecule has 0 spiro atoms. The number of carbonyl (C=O) groups excluding carboxylic acids is 1. The zero-order valence-electron chi connectivity index (χ0n) is 9.40. The van der Waals surface area contributed by atoms with E-state index >= 15 is 0 Å². The van der Waals surface area contributed by atoms with E-state index in [1.54, 1.807) is 11.0 Å². The van der Waals surface area contributed by atoms with Gasteiger partial charge < -0.3 is 15.4 Å². The van der Waals surface area contributed by atoms with Gasteiger partial charge in [-0.3, -0.25) is 4.79 Å². The third-order valence-electron chi connectivity index (χ3n) is 2.74. The summed E-state index contributed by atoms with van der Waals surface area (Å²) in [6.45, 7) is 4.46. The Kier molecular flexibility index (Phi) is 3.10. The third kappa shape index (κ3) is 2.17. The molecular weight excluding hydrogens is 204 g/mol. The summed E-state index contributed by atoms with van der Waals surface area (Å²) in [5.41, 5.74) is 8.01. The lowest BCUT2D eigenvalue weighted by Crippen LogP contribution is -2.40. The Bertz CT molecular complexity index is 398. The first-order valence-electron chi connectivity index (χ1n) is 5.41. The Morgan fingerprint density at radius 2 is 2.06 bits per heavy atom. The molecule has 4 nitrogen and oxygen atoms in total. The Morgan fingerprint density at radius 1 is 1.38 bits per heavy atom. The number of nitrogens with zero attached hydrogens (tertiary/aromatic N) is 1. The van der Waals surface area contributed by atoms with Gasteiger partial charge in [-0.15, -0.1) is 0 Å². The summed E-state index contributed by atoms with van der Waals surface area (Å²) in [6, 6.07) is 5.53. The van der Waals surface area contributed by atoms with Crippen LogP contribution in [0.3, 0.4) is 0 Å². The average molecular weight is 220 g/mol. The van der Waals surface area contributed by atoms with Crippen LogP contribution in [0, 0.1) is 6.92 Å². The summed E-state index contributed by atoms with van der Waals surface area (Å²) in [5, 5.41) is 0. The molecule has 1 saturated heterocycles. The van der Waals surface area contributed by atoms with Crippen molar-refractivity contribution in [3.05, 3.63) is 29.3 Å². The molecule has 1 fully saturated rings. The number of hydrogen-bond donors (Lipinski definition) is 1. The van der Waals surface area contributed by atoms with Gasteiger partial charge in [-0.05, 0) is 19.1 Å². The molecule has 0 bridgehead atoms. The molecular formula is C12H16N2O2. The molecule has 4 heteroatoms. The maximum atomic E-state index is 12.2. The number of rotatable bonds is 1. The number of anilines is 1. The van der Waals surface area contributed by atoms with E-state index < -0.39 is 0 Å². The highest BCUT2D eigenvalue weighted by Crippen LogP contribution is 2.16. The van der Waals surface area contributed by atoms with Gasteiger partial charge in [0, 0.05) is 18.8 Å². The van der Waals surface area contributed by atoms with Crippen molar-refractivity contribution < 1.29 is 9.53 Å². The number of benzene rings is 1. The number of nitrogen functional groups attached to an aromatic ring is 1. The second-order valence-corrected chi connectivity index (χ2v) is 4.00. The lowest BCUT2D eigenvalue weighted by Gasteiger charge is -2.27. The van der Waals surface area contributed by atoms with Crippen LogP contribution >= 0.6 is 0 Å². The number of carbonyl (C=O) groups is 1. The van der Waals surface area contributed by atoms with Crippen LogP contribution in [-0.2, 0) is 4.74 Å². The highest BCUT2D eigenvalue weighted by atomic mass is 16.5. The molecule has 2 N–H and O–H groups in total. The molecule has 1 heterocycles. The van der Waals surface area contributed by atoms with Crippen molar-refractivity contribution in [1.29, 1.82) is 0 Å². The van der Waals surface area contributed by atoms with E-state index in [9.17, 15) is 4.79 Å². The largest absolute Gasteiger partial charge is 0.398 e. The van der Waals surface area contributed by atoms with Crippen LogP contribution in [0.15, 0.2) is 18.2 Å². The van der Waals surface area contributed by atoms with Crippen molar-refractivity contribution in [2.45, 2.75) is 6.92 Å². The minimum absolute atomic E-state index is 0.00417. The van der Waals surface area contributed by atoms with Gasteiger partial charge in [0.25, 0.3) is 5.91 Å². The zero-order chi connectivity index (χ0) is 11.5. The highest BCUT2D eigenvalue weighted by molar-refractivity contribution is 5.99. The van der Waals surface area contributed by atoms with Gasteiger partial charge in [-0.2, -0.15) is 0 Å². The van der Waals surface area contributed by atoms with Gasteiger partial charge in [-0.25, -0.2) is 0 Å². The first-order chi connectivity index (χ1) is 7.68. The van der Waals surface area contributed by atoms with Crippen LogP contribution in [0.2, 0.25) is 0 Å².